The van der Waals surface area contributed by atoms with Crippen molar-refractivity contribution in [3.63, 3.8) is 0 Å². The van der Waals surface area contributed by atoms with Gasteiger partial charge in [-0.05, 0) is 30.7 Å². The molecule has 56 valence electrons. The lowest BCUT2D eigenvalue weighted by Gasteiger charge is -1.96. The van der Waals surface area contributed by atoms with Gasteiger partial charge in [0.1, 0.15) is 11.5 Å². The van der Waals surface area contributed by atoms with Crippen LogP contribution in [0.4, 0.5) is 0 Å². The predicted molar refractivity (Wildman–Crippen MR) is 41.2 cm³/mol. The first-order valence-electron chi connectivity index (χ1n) is 2.69. The molecule has 10 heavy (non-hydrogen) atoms. The summed E-state index contributed by atoms with van der Waals surface area (Å²) in [6.07, 6.45) is 0. The van der Waals surface area contributed by atoms with E-state index < -0.39 is 0 Å². The summed E-state index contributed by atoms with van der Waals surface area (Å²) in [5.74, 6) is 0.401. The monoisotopic (exact) mass is 140 g/mol. The quantitative estimate of drug-likeness (QED) is 0.541. The van der Waals surface area contributed by atoms with Crippen LogP contribution in [0.3, 0.4) is 0 Å². The van der Waals surface area contributed by atoms with Gasteiger partial charge in [-0.2, -0.15) is 0 Å². The molecule has 0 aromatic heterocycles. The third-order valence-electron chi connectivity index (χ3n) is 1.18. The molecule has 0 radical (unpaired) electrons. The van der Waals surface area contributed by atoms with Crippen LogP contribution in [0.1, 0.15) is 13.0 Å². The van der Waals surface area contributed by atoms with E-state index in [1.54, 1.807) is 6.92 Å². The van der Waals surface area contributed by atoms with Gasteiger partial charge in [-0.15, -0.1) is 0 Å². The van der Waals surface area contributed by atoms with Crippen molar-refractivity contribution in [3.8, 4) is 11.5 Å². The first kappa shape index (κ1) is 8.82. The van der Waals surface area contributed by atoms with E-state index in [2.05, 4.69) is 0 Å². The van der Waals surface area contributed by atoms with Crippen molar-refractivity contribution in [3.05, 3.63) is 23.8 Å². The van der Waals surface area contributed by atoms with Crippen LogP contribution in [0.5, 0.6) is 11.5 Å². The largest absolute Gasteiger partial charge is 0.508 e. The topological polar surface area (TPSA) is 40.5 Å². The summed E-state index contributed by atoms with van der Waals surface area (Å²) in [6.45, 7) is 1.73. The van der Waals surface area contributed by atoms with E-state index in [-0.39, 0.29) is 18.9 Å². The number of phenols is 2. The van der Waals surface area contributed by atoms with Crippen molar-refractivity contribution in [2.75, 3.05) is 0 Å². The SMILES string of the molecule is C.Cc1cc(O)ccc1O. The Morgan fingerprint density at radius 2 is 1.80 bits per heavy atom. The second-order valence-corrected chi connectivity index (χ2v) is 1.97. The average Bonchev–Trinajstić information content (AvgIpc) is 1.80. The van der Waals surface area contributed by atoms with Gasteiger partial charge in [0, 0.05) is 0 Å². The normalized spacial score (nSPS) is 8.50. The number of phenolic OH excluding ortho intramolecular Hbond substituents is 2. The first-order valence-corrected chi connectivity index (χ1v) is 2.69. The van der Waals surface area contributed by atoms with E-state index in [0.29, 0.717) is 5.56 Å². The summed E-state index contributed by atoms with van der Waals surface area (Å²) >= 11 is 0. The Kier molecular flexibility index (Phi) is 2.74. The highest BCUT2D eigenvalue weighted by atomic mass is 16.3. The Hall–Kier alpha value is -1.18. The third-order valence-corrected chi connectivity index (χ3v) is 1.18. The predicted octanol–water partition coefficient (Wildman–Crippen LogP) is 2.04. The van der Waals surface area contributed by atoms with Crippen LogP contribution < -0.4 is 0 Å². The average molecular weight is 140 g/mol. The third kappa shape index (κ3) is 1.65. The summed E-state index contributed by atoms with van der Waals surface area (Å²) in [7, 11) is 0. The number of hydrogen-bond acceptors (Lipinski definition) is 2. The van der Waals surface area contributed by atoms with Gasteiger partial charge in [-0.3, -0.25) is 0 Å². The van der Waals surface area contributed by atoms with Crippen molar-refractivity contribution in [2.24, 2.45) is 0 Å². The molecule has 0 fully saturated rings. The van der Waals surface area contributed by atoms with Crippen molar-refractivity contribution in [1.29, 1.82) is 0 Å². The van der Waals surface area contributed by atoms with Gasteiger partial charge in [0.15, 0.2) is 0 Å². The van der Waals surface area contributed by atoms with E-state index in [0.717, 1.165) is 0 Å². The summed E-state index contributed by atoms with van der Waals surface area (Å²) < 4.78 is 0. The maximum absolute atomic E-state index is 8.93. The molecule has 2 nitrogen and oxygen atoms in total. The number of aromatic hydroxyl groups is 2. The lowest BCUT2D eigenvalue weighted by atomic mass is 10.2. The smallest absolute Gasteiger partial charge is 0.118 e. The fourth-order valence-corrected chi connectivity index (χ4v) is 0.640. The molecule has 0 aliphatic rings. The molecule has 0 aliphatic carbocycles. The molecule has 2 N–H and O–H groups in total. The molecular weight excluding hydrogens is 128 g/mol. The minimum absolute atomic E-state index is 0. The Labute approximate surface area is 60.8 Å². The van der Waals surface area contributed by atoms with Gasteiger partial charge in [-0.25, -0.2) is 0 Å². The number of rotatable bonds is 0. The van der Waals surface area contributed by atoms with E-state index in [9.17, 15) is 0 Å². The van der Waals surface area contributed by atoms with Crippen LogP contribution >= 0.6 is 0 Å². The lowest BCUT2D eigenvalue weighted by molar-refractivity contribution is 0.456. The first-order chi connectivity index (χ1) is 4.20. The molecule has 0 amide bonds. The minimum Gasteiger partial charge on any atom is -0.508 e. The molecular formula is C8H12O2. The fourth-order valence-electron chi connectivity index (χ4n) is 0.640. The molecule has 0 saturated heterocycles. The maximum atomic E-state index is 8.93. The zero-order valence-electron chi connectivity index (χ0n) is 5.13. The van der Waals surface area contributed by atoms with Gasteiger partial charge >= 0.3 is 0 Å². The molecule has 0 aliphatic heterocycles. The second-order valence-electron chi connectivity index (χ2n) is 1.97. The molecule has 2 heteroatoms. The minimum atomic E-state index is 0. The van der Waals surface area contributed by atoms with Gasteiger partial charge in [-0.1, -0.05) is 7.43 Å². The number of aryl methyl sites for hydroxylation is 1. The highest BCUT2D eigenvalue weighted by Gasteiger charge is 1.93. The second kappa shape index (κ2) is 3.11. The van der Waals surface area contributed by atoms with Gasteiger partial charge in [0.2, 0.25) is 0 Å². The van der Waals surface area contributed by atoms with Gasteiger partial charge < -0.3 is 10.2 Å². The molecule has 1 aromatic rings. The van der Waals surface area contributed by atoms with Crippen molar-refractivity contribution < 1.29 is 10.2 Å². The van der Waals surface area contributed by atoms with Crippen molar-refractivity contribution >= 4 is 0 Å². The van der Waals surface area contributed by atoms with Crippen LogP contribution in [0.2, 0.25) is 0 Å². The summed E-state index contributed by atoms with van der Waals surface area (Å²) in [5.41, 5.74) is 0.690. The van der Waals surface area contributed by atoms with Crippen LogP contribution in [-0.4, -0.2) is 10.2 Å². The van der Waals surface area contributed by atoms with Crippen LogP contribution in [0.15, 0.2) is 18.2 Å². The fraction of sp³-hybridized carbons (Fsp3) is 0.250. The zero-order chi connectivity index (χ0) is 6.85. The van der Waals surface area contributed by atoms with E-state index >= 15 is 0 Å². The molecule has 0 saturated carbocycles. The Morgan fingerprint density at radius 1 is 1.20 bits per heavy atom. The Bertz CT molecular complexity index is 218. The highest BCUT2D eigenvalue weighted by Crippen LogP contribution is 2.19. The van der Waals surface area contributed by atoms with Gasteiger partial charge in [0.25, 0.3) is 0 Å². The van der Waals surface area contributed by atoms with Gasteiger partial charge in [0.05, 0.1) is 0 Å². The van der Waals surface area contributed by atoms with Crippen molar-refractivity contribution in [2.45, 2.75) is 14.4 Å². The maximum Gasteiger partial charge on any atom is 0.118 e. The number of benzene rings is 1. The Balaban J connectivity index is 0.000000810. The summed E-state index contributed by atoms with van der Waals surface area (Å²) in [4.78, 5) is 0. The summed E-state index contributed by atoms with van der Waals surface area (Å²) in [6, 6.07) is 4.42. The van der Waals surface area contributed by atoms with E-state index in [1.807, 2.05) is 0 Å². The standard InChI is InChI=1S/C7H8O2.CH4/c1-5-4-6(8)2-3-7(5)9;/h2-4,8-9H,1H3;1H4. The lowest BCUT2D eigenvalue weighted by Crippen LogP contribution is -1.71. The highest BCUT2D eigenvalue weighted by molar-refractivity contribution is 5.37. The molecule has 0 atom stereocenters. The molecule has 1 rings (SSSR count). The Morgan fingerprint density at radius 3 is 2.20 bits per heavy atom. The summed E-state index contributed by atoms with van der Waals surface area (Å²) in [5, 5.41) is 17.8. The van der Waals surface area contributed by atoms with Crippen LogP contribution in [0, 0.1) is 6.92 Å². The number of hydrogen-bond donors (Lipinski definition) is 2. The van der Waals surface area contributed by atoms with E-state index in [4.69, 9.17) is 10.2 Å². The van der Waals surface area contributed by atoms with Crippen LogP contribution in [-0.2, 0) is 0 Å². The molecule has 0 bridgehead atoms. The van der Waals surface area contributed by atoms with E-state index in [1.165, 1.54) is 18.2 Å². The zero-order valence-corrected chi connectivity index (χ0v) is 5.13. The van der Waals surface area contributed by atoms with Crippen molar-refractivity contribution in [1.82, 2.24) is 0 Å². The molecule has 0 spiro atoms. The molecule has 1 aromatic carbocycles. The van der Waals surface area contributed by atoms with Crippen LogP contribution in [0.25, 0.3) is 0 Å². The molecule has 0 heterocycles. The molecule has 0 unspecified atom stereocenters.